The topological polar surface area (TPSA) is 47.0 Å². The molecule has 2 heterocycles. The molecule has 0 unspecified atom stereocenters. The molecule has 0 aliphatic rings. The van der Waals surface area contributed by atoms with Crippen LogP contribution in [0, 0.1) is 19.8 Å². The fourth-order valence-electron chi connectivity index (χ4n) is 1.98. The Bertz CT molecular complexity index is 596. The molecule has 2 aromatic heterocycles. The van der Waals surface area contributed by atoms with Crippen molar-refractivity contribution < 1.29 is 4.74 Å². The normalized spacial score (nSPS) is 10.9. The van der Waals surface area contributed by atoms with Crippen LogP contribution < -0.4 is 10.1 Å². The molecule has 0 amide bonds. The van der Waals surface area contributed by atoms with Crippen molar-refractivity contribution in [2.45, 2.75) is 34.2 Å². The molecule has 2 aromatic rings. The summed E-state index contributed by atoms with van der Waals surface area (Å²) >= 11 is 0. The monoisotopic (exact) mass is 285 g/mol. The third kappa shape index (κ3) is 4.53. The first-order chi connectivity index (χ1) is 10.1. The van der Waals surface area contributed by atoms with Gasteiger partial charge in [0, 0.05) is 36.3 Å². The van der Waals surface area contributed by atoms with E-state index in [1.54, 1.807) is 6.20 Å². The predicted octanol–water partition coefficient (Wildman–Crippen LogP) is 3.63. The Balaban J connectivity index is 2.17. The van der Waals surface area contributed by atoms with Gasteiger partial charge in [-0.25, -0.2) is 0 Å². The zero-order chi connectivity index (χ0) is 15.2. The second-order valence-corrected chi connectivity index (χ2v) is 5.65. The lowest BCUT2D eigenvalue weighted by molar-refractivity contribution is 0.461. The maximum atomic E-state index is 6.04. The number of pyridine rings is 2. The molecule has 0 aromatic carbocycles. The SMILES string of the molecule is Cc1cc(Oc2cccnc2C)c(CNCC(C)C)cn1. The summed E-state index contributed by atoms with van der Waals surface area (Å²) in [5.74, 6) is 2.25. The molecule has 4 nitrogen and oxygen atoms in total. The minimum atomic E-state index is 0.619. The van der Waals surface area contributed by atoms with Crippen molar-refractivity contribution in [3.8, 4) is 11.5 Å². The van der Waals surface area contributed by atoms with Crippen LogP contribution in [-0.2, 0) is 6.54 Å². The highest BCUT2D eigenvalue weighted by atomic mass is 16.5. The van der Waals surface area contributed by atoms with Crippen LogP contribution >= 0.6 is 0 Å². The summed E-state index contributed by atoms with van der Waals surface area (Å²) in [5.41, 5.74) is 2.89. The van der Waals surface area contributed by atoms with E-state index < -0.39 is 0 Å². The van der Waals surface area contributed by atoms with E-state index in [4.69, 9.17) is 4.74 Å². The summed E-state index contributed by atoms with van der Waals surface area (Å²) in [5, 5.41) is 3.43. The highest BCUT2D eigenvalue weighted by Crippen LogP contribution is 2.27. The van der Waals surface area contributed by atoms with Gasteiger partial charge in [0.15, 0.2) is 0 Å². The number of aromatic nitrogens is 2. The molecule has 0 radical (unpaired) electrons. The van der Waals surface area contributed by atoms with Gasteiger partial charge in [-0.15, -0.1) is 0 Å². The van der Waals surface area contributed by atoms with E-state index in [1.807, 2.05) is 38.2 Å². The lowest BCUT2D eigenvalue weighted by Crippen LogP contribution is -2.19. The lowest BCUT2D eigenvalue weighted by atomic mass is 10.2. The largest absolute Gasteiger partial charge is 0.455 e. The van der Waals surface area contributed by atoms with E-state index in [2.05, 4.69) is 29.1 Å². The van der Waals surface area contributed by atoms with Crippen LogP contribution in [0.5, 0.6) is 11.5 Å². The number of nitrogens with zero attached hydrogens (tertiary/aromatic N) is 2. The Morgan fingerprint density at radius 3 is 2.71 bits per heavy atom. The molecule has 4 heteroatoms. The van der Waals surface area contributed by atoms with Crippen molar-refractivity contribution in [3.05, 3.63) is 47.5 Å². The van der Waals surface area contributed by atoms with Crippen molar-refractivity contribution in [3.63, 3.8) is 0 Å². The third-order valence-corrected chi connectivity index (χ3v) is 3.13. The van der Waals surface area contributed by atoms with Gasteiger partial charge in [-0.2, -0.15) is 0 Å². The average Bonchev–Trinajstić information content (AvgIpc) is 2.43. The first kappa shape index (κ1) is 15.4. The number of hydrogen-bond acceptors (Lipinski definition) is 4. The molecule has 0 aliphatic heterocycles. The average molecular weight is 285 g/mol. The van der Waals surface area contributed by atoms with Gasteiger partial charge in [-0.1, -0.05) is 13.8 Å². The highest BCUT2D eigenvalue weighted by Gasteiger charge is 2.08. The van der Waals surface area contributed by atoms with Gasteiger partial charge in [0.05, 0.1) is 5.69 Å². The van der Waals surface area contributed by atoms with Gasteiger partial charge >= 0.3 is 0 Å². The highest BCUT2D eigenvalue weighted by molar-refractivity contribution is 5.38. The Morgan fingerprint density at radius 2 is 2.00 bits per heavy atom. The Hall–Kier alpha value is -1.94. The summed E-state index contributed by atoms with van der Waals surface area (Å²) in [6.07, 6.45) is 3.65. The molecular weight excluding hydrogens is 262 g/mol. The van der Waals surface area contributed by atoms with Gasteiger partial charge in [0.25, 0.3) is 0 Å². The summed E-state index contributed by atoms with van der Waals surface area (Å²) in [6.45, 7) is 10.0. The quantitative estimate of drug-likeness (QED) is 0.880. The van der Waals surface area contributed by atoms with E-state index in [9.17, 15) is 0 Å². The molecule has 112 valence electrons. The number of nitrogens with one attached hydrogen (secondary N) is 1. The lowest BCUT2D eigenvalue weighted by Gasteiger charge is -2.14. The summed E-state index contributed by atoms with van der Waals surface area (Å²) in [6, 6.07) is 5.79. The number of hydrogen-bond donors (Lipinski definition) is 1. The minimum absolute atomic E-state index is 0.619. The van der Waals surface area contributed by atoms with E-state index >= 15 is 0 Å². The summed E-state index contributed by atoms with van der Waals surface area (Å²) < 4.78 is 6.04. The van der Waals surface area contributed by atoms with E-state index in [1.165, 1.54) is 0 Å². The first-order valence-corrected chi connectivity index (χ1v) is 7.32. The summed E-state index contributed by atoms with van der Waals surface area (Å²) in [7, 11) is 0. The molecule has 0 aliphatic carbocycles. The molecule has 0 fully saturated rings. The first-order valence-electron chi connectivity index (χ1n) is 7.32. The molecule has 1 N–H and O–H groups in total. The van der Waals surface area contributed by atoms with Crippen LogP contribution in [0.4, 0.5) is 0 Å². The maximum absolute atomic E-state index is 6.04. The minimum Gasteiger partial charge on any atom is -0.455 e. The van der Waals surface area contributed by atoms with Crippen molar-refractivity contribution in [1.82, 2.24) is 15.3 Å². The number of rotatable bonds is 6. The molecule has 0 bridgehead atoms. The fraction of sp³-hybridized carbons (Fsp3) is 0.412. The van der Waals surface area contributed by atoms with Crippen LogP contribution in [-0.4, -0.2) is 16.5 Å². The maximum Gasteiger partial charge on any atom is 0.148 e. The van der Waals surface area contributed by atoms with Gasteiger partial charge < -0.3 is 10.1 Å². The smallest absolute Gasteiger partial charge is 0.148 e. The second kappa shape index (κ2) is 7.18. The Morgan fingerprint density at radius 1 is 1.19 bits per heavy atom. The molecule has 0 saturated carbocycles. The van der Waals surface area contributed by atoms with E-state index in [-0.39, 0.29) is 0 Å². The van der Waals surface area contributed by atoms with Crippen molar-refractivity contribution in [2.24, 2.45) is 5.92 Å². The van der Waals surface area contributed by atoms with Gasteiger partial charge in [-0.05, 0) is 38.4 Å². The van der Waals surface area contributed by atoms with Crippen molar-refractivity contribution in [2.75, 3.05) is 6.54 Å². The molecule has 21 heavy (non-hydrogen) atoms. The van der Waals surface area contributed by atoms with Crippen LogP contribution in [0.15, 0.2) is 30.6 Å². The Kier molecular flexibility index (Phi) is 5.28. The summed E-state index contributed by atoms with van der Waals surface area (Å²) in [4.78, 5) is 8.62. The van der Waals surface area contributed by atoms with Gasteiger partial charge in [0.2, 0.25) is 0 Å². The molecular formula is C17H23N3O. The van der Waals surface area contributed by atoms with E-state index in [0.29, 0.717) is 5.92 Å². The van der Waals surface area contributed by atoms with Crippen LogP contribution in [0.1, 0.15) is 30.8 Å². The van der Waals surface area contributed by atoms with Crippen LogP contribution in [0.25, 0.3) is 0 Å². The van der Waals surface area contributed by atoms with Crippen molar-refractivity contribution >= 4 is 0 Å². The van der Waals surface area contributed by atoms with E-state index in [0.717, 1.165) is 41.5 Å². The molecule has 0 saturated heterocycles. The zero-order valence-electron chi connectivity index (χ0n) is 13.2. The molecule has 0 spiro atoms. The fourth-order valence-corrected chi connectivity index (χ4v) is 1.98. The van der Waals surface area contributed by atoms with Crippen LogP contribution in [0.3, 0.4) is 0 Å². The van der Waals surface area contributed by atoms with Gasteiger partial charge in [-0.3, -0.25) is 9.97 Å². The van der Waals surface area contributed by atoms with Crippen molar-refractivity contribution in [1.29, 1.82) is 0 Å². The van der Waals surface area contributed by atoms with Crippen LogP contribution in [0.2, 0.25) is 0 Å². The number of aryl methyl sites for hydroxylation is 2. The predicted molar refractivity (Wildman–Crippen MR) is 84.6 cm³/mol. The third-order valence-electron chi connectivity index (χ3n) is 3.13. The second-order valence-electron chi connectivity index (χ2n) is 5.65. The molecule has 0 atom stereocenters. The number of ether oxygens (including phenoxy) is 1. The Labute approximate surface area is 126 Å². The molecule has 2 rings (SSSR count). The standard InChI is InChI=1S/C17H23N3O/c1-12(2)9-18-10-15-11-20-13(3)8-17(15)21-16-6-5-7-19-14(16)4/h5-8,11-12,18H,9-10H2,1-4H3. The van der Waals surface area contributed by atoms with Gasteiger partial charge in [0.1, 0.15) is 11.5 Å². The zero-order valence-corrected chi connectivity index (χ0v) is 13.2.